The molecule has 0 radical (unpaired) electrons. The Morgan fingerprint density at radius 1 is 1.27 bits per heavy atom. The number of rotatable bonds is 7. The number of benzene rings is 1. The number of aliphatic hydroxyl groups is 1. The third-order valence-corrected chi connectivity index (χ3v) is 4.09. The number of carbonyl (C=O) groups excluding carboxylic acids is 2. The molecule has 2 amide bonds. The summed E-state index contributed by atoms with van der Waals surface area (Å²) in [5.41, 5.74) is 1.18. The monoisotopic (exact) mass is 304 g/mol. The van der Waals surface area contributed by atoms with Gasteiger partial charge in [0.2, 0.25) is 11.8 Å². The Balaban J connectivity index is 1.87. The average molecular weight is 304 g/mol. The fraction of sp³-hybridized carbons (Fsp3) is 0.529. The van der Waals surface area contributed by atoms with E-state index in [2.05, 4.69) is 10.6 Å². The van der Waals surface area contributed by atoms with Crippen LogP contribution < -0.4 is 10.6 Å². The highest BCUT2D eigenvalue weighted by atomic mass is 16.3. The lowest BCUT2D eigenvalue weighted by Gasteiger charge is -2.38. The fourth-order valence-corrected chi connectivity index (χ4v) is 2.79. The number of aliphatic hydroxyl groups excluding tert-OH is 1. The van der Waals surface area contributed by atoms with Crippen LogP contribution in [0.3, 0.4) is 0 Å². The summed E-state index contributed by atoms with van der Waals surface area (Å²) in [4.78, 5) is 22.8. The Morgan fingerprint density at radius 2 is 1.95 bits per heavy atom. The standard InChI is InChI=1S/C17H24N2O3/c1-12(20)18-8-7-17(22)19-16(14-10-15(21)11-14)9-13-5-3-2-4-6-13/h2-6,14-16,21H,7-11H2,1H3,(H,18,20)(H,19,22). The van der Waals surface area contributed by atoms with Crippen molar-refractivity contribution in [3.05, 3.63) is 35.9 Å². The maximum absolute atomic E-state index is 12.0. The third kappa shape index (κ3) is 5.15. The van der Waals surface area contributed by atoms with Gasteiger partial charge in [-0.15, -0.1) is 0 Å². The first kappa shape index (κ1) is 16.5. The maximum atomic E-state index is 12.0. The van der Waals surface area contributed by atoms with Crippen molar-refractivity contribution in [3.8, 4) is 0 Å². The Labute approximate surface area is 131 Å². The fourth-order valence-electron chi connectivity index (χ4n) is 2.79. The van der Waals surface area contributed by atoms with E-state index < -0.39 is 0 Å². The molecule has 1 aromatic carbocycles. The zero-order valence-electron chi connectivity index (χ0n) is 12.9. The first-order valence-electron chi connectivity index (χ1n) is 7.80. The molecule has 0 saturated heterocycles. The van der Waals surface area contributed by atoms with Gasteiger partial charge in [0.05, 0.1) is 6.10 Å². The van der Waals surface area contributed by atoms with Crippen LogP contribution in [0.5, 0.6) is 0 Å². The maximum Gasteiger partial charge on any atom is 0.222 e. The van der Waals surface area contributed by atoms with Gasteiger partial charge in [-0.1, -0.05) is 30.3 Å². The molecule has 0 heterocycles. The van der Waals surface area contributed by atoms with E-state index in [0.717, 1.165) is 19.3 Å². The van der Waals surface area contributed by atoms with Gasteiger partial charge in [0.15, 0.2) is 0 Å². The third-order valence-electron chi connectivity index (χ3n) is 4.09. The van der Waals surface area contributed by atoms with Crippen molar-refractivity contribution in [1.82, 2.24) is 10.6 Å². The molecule has 3 N–H and O–H groups in total. The Hall–Kier alpha value is -1.88. The highest BCUT2D eigenvalue weighted by Gasteiger charge is 2.34. The van der Waals surface area contributed by atoms with E-state index in [-0.39, 0.29) is 30.4 Å². The summed E-state index contributed by atoms with van der Waals surface area (Å²) in [6.45, 7) is 1.79. The van der Waals surface area contributed by atoms with Gasteiger partial charge in [-0.05, 0) is 30.7 Å². The van der Waals surface area contributed by atoms with Crippen LogP contribution in [-0.4, -0.2) is 35.6 Å². The summed E-state index contributed by atoms with van der Waals surface area (Å²) in [7, 11) is 0. The molecule has 2 rings (SSSR count). The van der Waals surface area contributed by atoms with Crippen LogP contribution in [0.15, 0.2) is 30.3 Å². The number of carbonyl (C=O) groups is 2. The first-order chi connectivity index (χ1) is 10.5. The molecule has 1 unspecified atom stereocenters. The van der Waals surface area contributed by atoms with Gasteiger partial charge >= 0.3 is 0 Å². The van der Waals surface area contributed by atoms with Crippen LogP contribution in [0.2, 0.25) is 0 Å². The summed E-state index contributed by atoms with van der Waals surface area (Å²) in [6, 6.07) is 10.1. The lowest BCUT2D eigenvalue weighted by atomic mass is 9.75. The highest BCUT2D eigenvalue weighted by molar-refractivity contribution is 5.78. The molecule has 0 spiro atoms. The normalized spacial score (nSPS) is 21.5. The number of nitrogens with one attached hydrogen (secondary N) is 2. The summed E-state index contributed by atoms with van der Waals surface area (Å²) in [6.07, 6.45) is 2.29. The predicted octanol–water partition coefficient (Wildman–Crippen LogP) is 1.01. The molecular weight excluding hydrogens is 280 g/mol. The molecule has 1 fully saturated rings. The van der Waals surface area contributed by atoms with E-state index in [1.165, 1.54) is 12.5 Å². The molecule has 1 aromatic rings. The van der Waals surface area contributed by atoms with Crippen molar-refractivity contribution in [2.75, 3.05) is 6.54 Å². The van der Waals surface area contributed by atoms with Crippen LogP contribution in [-0.2, 0) is 16.0 Å². The number of amides is 2. The molecule has 0 aliphatic heterocycles. The molecular formula is C17H24N2O3. The van der Waals surface area contributed by atoms with Crippen molar-refractivity contribution in [2.24, 2.45) is 5.92 Å². The zero-order valence-corrected chi connectivity index (χ0v) is 12.9. The van der Waals surface area contributed by atoms with E-state index in [0.29, 0.717) is 12.5 Å². The van der Waals surface area contributed by atoms with E-state index in [9.17, 15) is 14.7 Å². The van der Waals surface area contributed by atoms with E-state index >= 15 is 0 Å². The lowest BCUT2D eigenvalue weighted by molar-refractivity contribution is -0.123. The largest absolute Gasteiger partial charge is 0.393 e. The summed E-state index contributed by atoms with van der Waals surface area (Å²) in [5, 5.41) is 15.2. The van der Waals surface area contributed by atoms with E-state index in [1.54, 1.807) is 0 Å². The van der Waals surface area contributed by atoms with E-state index in [4.69, 9.17) is 0 Å². The first-order valence-corrected chi connectivity index (χ1v) is 7.80. The second-order valence-corrected chi connectivity index (χ2v) is 5.98. The van der Waals surface area contributed by atoms with Gasteiger partial charge in [0.1, 0.15) is 0 Å². The predicted molar refractivity (Wildman–Crippen MR) is 84.1 cm³/mol. The molecule has 0 aromatic heterocycles. The van der Waals surface area contributed by atoms with Crippen LogP contribution in [0.1, 0.15) is 31.7 Å². The molecule has 120 valence electrons. The minimum absolute atomic E-state index is 0.0376. The topological polar surface area (TPSA) is 78.4 Å². The Morgan fingerprint density at radius 3 is 2.55 bits per heavy atom. The number of hydrogen-bond acceptors (Lipinski definition) is 3. The molecule has 1 atom stereocenters. The van der Waals surface area contributed by atoms with Crippen LogP contribution >= 0.6 is 0 Å². The Kier molecular flexibility index (Phi) is 5.95. The van der Waals surface area contributed by atoms with Gasteiger partial charge in [-0.25, -0.2) is 0 Å². The van der Waals surface area contributed by atoms with Crippen molar-refractivity contribution in [3.63, 3.8) is 0 Å². The van der Waals surface area contributed by atoms with E-state index in [1.807, 2.05) is 30.3 Å². The van der Waals surface area contributed by atoms with Gasteiger partial charge in [0.25, 0.3) is 0 Å². The second-order valence-electron chi connectivity index (χ2n) is 5.98. The molecule has 1 saturated carbocycles. The summed E-state index contributed by atoms with van der Waals surface area (Å²) >= 11 is 0. The van der Waals surface area contributed by atoms with Crippen molar-refractivity contribution in [1.29, 1.82) is 0 Å². The summed E-state index contributed by atoms with van der Waals surface area (Å²) in [5.74, 6) is 0.131. The minimum Gasteiger partial charge on any atom is -0.393 e. The lowest BCUT2D eigenvalue weighted by Crippen LogP contribution is -2.48. The van der Waals surface area contributed by atoms with Crippen molar-refractivity contribution >= 4 is 11.8 Å². The van der Waals surface area contributed by atoms with Gasteiger partial charge in [-0.2, -0.15) is 0 Å². The molecule has 5 heteroatoms. The van der Waals surface area contributed by atoms with Crippen molar-refractivity contribution in [2.45, 2.75) is 44.8 Å². The zero-order chi connectivity index (χ0) is 15.9. The SMILES string of the molecule is CC(=O)NCCC(=O)NC(Cc1ccccc1)C1CC(O)C1. The number of hydrogen-bond donors (Lipinski definition) is 3. The highest BCUT2D eigenvalue weighted by Crippen LogP contribution is 2.31. The smallest absolute Gasteiger partial charge is 0.222 e. The van der Waals surface area contributed by atoms with Crippen LogP contribution in [0.4, 0.5) is 0 Å². The molecule has 1 aliphatic rings. The molecule has 1 aliphatic carbocycles. The molecule has 5 nitrogen and oxygen atoms in total. The van der Waals surface area contributed by atoms with Crippen LogP contribution in [0.25, 0.3) is 0 Å². The van der Waals surface area contributed by atoms with Gasteiger partial charge in [-0.3, -0.25) is 9.59 Å². The molecule has 0 bridgehead atoms. The second kappa shape index (κ2) is 7.94. The van der Waals surface area contributed by atoms with Gasteiger partial charge in [0, 0.05) is 25.9 Å². The Bertz CT molecular complexity index is 498. The molecule has 22 heavy (non-hydrogen) atoms. The minimum atomic E-state index is -0.237. The summed E-state index contributed by atoms with van der Waals surface area (Å²) < 4.78 is 0. The van der Waals surface area contributed by atoms with Crippen molar-refractivity contribution < 1.29 is 14.7 Å². The van der Waals surface area contributed by atoms with Crippen LogP contribution in [0, 0.1) is 5.92 Å². The van der Waals surface area contributed by atoms with Gasteiger partial charge < -0.3 is 15.7 Å². The average Bonchev–Trinajstić information content (AvgIpc) is 2.44. The quantitative estimate of drug-likeness (QED) is 0.703.